The van der Waals surface area contributed by atoms with Gasteiger partial charge >= 0.3 is 0 Å². The van der Waals surface area contributed by atoms with Crippen molar-refractivity contribution in [2.45, 2.75) is 65.2 Å². The minimum Gasteiger partial charge on any atom is -0.202 e. The van der Waals surface area contributed by atoms with E-state index in [4.69, 9.17) is 11.6 Å². The third kappa shape index (κ3) is 6.10. The molecule has 0 bridgehead atoms. The molecule has 1 atom stereocenters. The highest BCUT2D eigenvalue weighted by Crippen LogP contribution is 2.33. The summed E-state index contributed by atoms with van der Waals surface area (Å²) >= 11 is 6.36. The van der Waals surface area contributed by atoms with E-state index in [1.54, 1.807) is 13.0 Å². The molecule has 0 amide bonds. The summed E-state index contributed by atoms with van der Waals surface area (Å²) < 4.78 is 27.9. The lowest BCUT2D eigenvalue weighted by Gasteiger charge is -2.18. The van der Waals surface area contributed by atoms with Gasteiger partial charge in [0, 0.05) is 17.9 Å². The molecule has 0 aromatic heterocycles. The van der Waals surface area contributed by atoms with Crippen LogP contribution in [0.15, 0.2) is 58.2 Å². The van der Waals surface area contributed by atoms with Gasteiger partial charge in [0.25, 0.3) is 5.92 Å². The Bertz CT molecular complexity index is 569. The van der Waals surface area contributed by atoms with E-state index in [9.17, 15) is 8.78 Å². The van der Waals surface area contributed by atoms with Crippen LogP contribution in [0.2, 0.25) is 0 Å². The molecule has 0 N–H and O–H groups in total. The fourth-order valence-electron chi connectivity index (χ4n) is 2.65. The van der Waals surface area contributed by atoms with Crippen LogP contribution in [-0.2, 0) is 0 Å². The average molecular weight is 341 g/mol. The monoisotopic (exact) mass is 340 g/mol. The van der Waals surface area contributed by atoms with Crippen molar-refractivity contribution < 1.29 is 8.78 Å². The Kier molecular flexibility index (Phi) is 7.47. The van der Waals surface area contributed by atoms with Gasteiger partial charge in [-0.1, -0.05) is 41.5 Å². The third-order valence-electron chi connectivity index (χ3n) is 4.19. The highest BCUT2D eigenvalue weighted by Gasteiger charge is 2.29. The summed E-state index contributed by atoms with van der Waals surface area (Å²) in [7, 11) is 0. The molecule has 0 fully saturated rings. The average Bonchev–Trinajstić information content (AvgIpc) is 2.44. The van der Waals surface area contributed by atoms with E-state index in [0.29, 0.717) is 5.57 Å². The van der Waals surface area contributed by atoms with Gasteiger partial charge in [-0.15, -0.1) is 11.6 Å². The molecular weight excluding hydrogens is 314 g/mol. The maximum absolute atomic E-state index is 13.9. The molecule has 0 aliphatic heterocycles. The van der Waals surface area contributed by atoms with Crippen molar-refractivity contribution >= 4 is 11.6 Å². The van der Waals surface area contributed by atoms with Crippen LogP contribution in [0.25, 0.3) is 0 Å². The van der Waals surface area contributed by atoms with Gasteiger partial charge in [-0.3, -0.25) is 0 Å². The molecule has 1 unspecified atom stereocenters. The summed E-state index contributed by atoms with van der Waals surface area (Å²) in [5.74, 6) is -2.87. The van der Waals surface area contributed by atoms with Gasteiger partial charge in [0.15, 0.2) is 0 Å². The second kappa shape index (κ2) is 8.63. The highest BCUT2D eigenvalue weighted by atomic mass is 35.5. The first kappa shape index (κ1) is 19.9. The highest BCUT2D eigenvalue weighted by molar-refractivity contribution is 6.20. The summed E-state index contributed by atoms with van der Waals surface area (Å²) in [6, 6.07) is 0. The number of rotatable bonds is 2. The number of alkyl halides is 3. The fraction of sp³-hybridized carbons (Fsp3) is 0.500. The van der Waals surface area contributed by atoms with E-state index in [2.05, 4.69) is 6.92 Å². The number of allylic oxidation sites excluding steroid dienone is 10. The van der Waals surface area contributed by atoms with Crippen molar-refractivity contribution in [3.8, 4) is 0 Å². The van der Waals surface area contributed by atoms with E-state index < -0.39 is 5.92 Å². The van der Waals surface area contributed by atoms with E-state index in [1.165, 1.54) is 11.6 Å². The molecule has 0 spiro atoms. The molecule has 1 aliphatic carbocycles. The molecule has 1 aliphatic rings. The Labute approximate surface area is 144 Å². The summed E-state index contributed by atoms with van der Waals surface area (Å²) in [4.78, 5) is 0. The Morgan fingerprint density at radius 3 is 2.39 bits per heavy atom. The van der Waals surface area contributed by atoms with Crippen molar-refractivity contribution in [3.63, 3.8) is 0 Å². The number of halogens is 3. The van der Waals surface area contributed by atoms with E-state index in [-0.39, 0.29) is 11.0 Å². The minimum atomic E-state index is -2.87. The molecule has 1 rings (SSSR count). The van der Waals surface area contributed by atoms with Crippen LogP contribution in [0.4, 0.5) is 8.78 Å². The summed E-state index contributed by atoms with van der Waals surface area (Å²) in [5, 5.41) is 0.109. The van der Waals surface area contributed by atoms with Gasteiger partial charge in [0.2, 0.25) is 0 Å². The lowest BCUT2D eigenvalue weighted by molar-refractivity contribution is 0.0661. The largest absolute Gasteiger partial charge is 0.270 e. The van der Waals surface area contributed by atoms with Gasteiger partial charge in [0.05, 0.1) is 0 Å². The Balaban J connectivity index is 3.39. The van der Waals surface area contributed by atoms with Crippen molar-refractivity contribution in [1.29, 1.82) is 0 Å². The summed E-state index contributed by atoms with van der Waals surface area (Å²) in [6.45, 7) is 8.54. The SMILES string of the molecule is C\C=C(/C1=C(C)\C=C\CCC(Cl)C/C(C)=C(\C)C=C1)C(C)(F)F. The zero-order chi connectivity index (χ0) is 17.6. The Morgan fingerprint density at radius 1 is 1.17 bits per heavy atom. The zero-order valence-corrected chi connectivity index (χ0v) is 15.5. The molecule has 0 saturated carbocycles. The first-order chi connectivity index (χ1) is 10.7. The topological polar surface area (TPSA) is 0 Å². The normalized spacial score (nSPS) is 29.9. The molecule has 3 heteroatoms. The van der Waals surface area contributed by atoms with Gasteiger partial charge in [0.1, 0.15) is 0 Å². The van der Waals surface area contributed by atoms with Crippen molar-refractivity contribution in [2.24, 2.45) is 0 Å². The van der Waals surface area contributed by atoms with Crippen molar-refractivity contribution in [3.05, 3.63) is 58.2 Å². The molecule has 23 heavy (non-hydrogen) atoms. The summed E-state index contributed by atoms with van der Waals surface area (Å²) in [6.07, 6.45) is 11.7. The molecule has 0 aromatic rings. The maximum Gasteiger partial charge on any atom is 0.270 e. The molecule has 128 valence electrons. The standard InChI is InChI=1S/C20H27ClF2/c1-6-19(20(5,22)23)18-12-11-14(2)16(4)13-17(21)10-8-7-9-15(18)3/h6-7,9,11-12,17H,8,10,13H2,1-5H3/b9-7+,12-11?,16-14+,18-15-,19-6+. The smallest absolute Gasteiger partial charge is 0.202 e. The van der Waals surface area contributed by atoms with Crippen LogP contribution in [0.3, 0.4) is 0 Å². The van der Waals surface area contributed by atoms with Crippen molar-refractivity contribution in [1.82, 2.24) is 0 Å². The van der Waals surface area contributed by atoms with Crippen LogP contribution in [-0.4, -0.2) is 11.3 Å². The van der Waals surface area contributed by atoms with Crippen LogP contribution in [0, 0.1) is 0 Å². The third-order valence-corrected chi connectivity index (χ3v) is 4.56. The quantitative estimate of drug-likeness (QED) is 0.468. The predicted molar refractivity (Wildman–Crippen MR) is 97.2 cm³/mol. The Morgan fingerprint density at radius 2 is 1.83 bits per heavy atom. The van der Waals surface area contributed by atoms with Gasteiger partial charge < -0.3 is 0 Å². The molecule has 0 nitrogen and oxygen atoms in total. The fourth-order valence-corrected chi connectivity index (χ4v) is 3.01. The number of hydrogen-bond acceptors (Lipinski definition) is 0. The maximum atomic E-state index is 13.9. The number of hydrogen-bond donors (Lipinski definition) is 0. The molecular formula is C20H27ClF2. The molecule has 0 heterocycles. The zero-order valence-electron chi connectivity index (χ0n) is 14.7. The second-order valence-electron chi connectivity index (χ2n) is 6.27. The first-order valence-corrected chi connectivity index (χ1v) is 8.51. The van der Waals surface area contributed by atoms with Crippen LogP contribution >= 0.6 is 11.6 Å². The van der Waals surface area contributed by atoms with Gasteiger partial charge in [-0.25, -0.2) is 8.78 Å². The molecule has 0 aromatic carbocycles. The van der Waals surface area contributed by atoms with E-state index in [0.717, 1.165) is 37.3 Å². The lowest BCUT2D eigenvalue weighted by Crippen LogP contribution is -2.15. The molecule has 0 radical (unpaired) electrons. The van der Waals surface area contributed by atoms with Crippen molar-refractivity contribution in [2.75, 3.05) is 0 Å². The van der Waals surface area contributed by atoms with Crippen LogP contribution < -0.4 is 0 Å². The lowest BCUT2D eigenvalue weighted by atomic mass is 9.93. The first-order valence-electron chi connectivity index (χ1n) is 8.07. The van der Waals surface area contributed by atoms with E-state index >= 15 is 0 Å². The minimum absolute atomic E-state index is 0.0635. The Hall–Kier alpha value is -1.15. The molecule has 0 saturated heterocycles. The second-order valence-corrected chi connectivity index (χ2v) is 6.88. The van der Waals surface area contributed by atoms with Gasteiger partial charge in [-0.2, -0.15) is 0 Å². The predicted octanol–water partition coefficient (Wildman–Crippen LogP) is 7.14. The van der Waals surface area contributed by atoms with E-state index in [1.807, 2.05) is 32.1 Å². The van der Waals surface area contributed by atoms with Crippen LogP contribution in [0.1, 0.15) is 53.9 Å². The summed E-state index contributed by atoms with van der Waals surface area (Å²) in [5.41, 5.74) is 3.78. The van der Waals surface area contributed by atoms with Crippen LogP contribution in [0.5, 0.6) is 0 Å². The van der Waals surface area contributed by atoms with Gasteiger partial charge in [-0.05, 0) is 58.1 Å².